The van der Waals surface area contributed by atoms with Crippen LogP contribution in [0.15, 0.2) is 169 Å². The van der Waals surface area contributed by atoms with Gasteiger partial charge in [-0.15, -0.1) is 11.3 Å². The molecule has 1 aliphatic heterocycles. The molecule has 2 unspecified atom stereocenters. The minimum Gasteiger partial charge on any atom is -0.350 e. The summed E-state index contributed by atoms with van der Waals surface area (Å²) in [6.45, 7) is 0. The fourth-order valence-electron chi connectivity index (χ4n) is 7.34. The standard InChI is InChI=1S/C44H31N5S/c1-3-12-28(13-4-1)42-46-43(29-14-5-2-6-15-29)48-44(47-42)31-23-25-40(45-27-31)49-37-20-9-7-16-33(37)34-24-22-30(26-38(34)49)32-18-11-19-36-35-17-8-10-21-39(35)50-41(32)36/h1-27,42,44,47H,(H,46,48). The molecule has 0 bridgehead atoms. The van der Waals surface area contributed by atoms with Crippen molar-refractivity contribution in [2.75, 3.05) is 0 Å². The lowest BCUT2D eigenvalue weighted by Crippen LogP contribution is -2.45. The van der Waals surface area contributed by atoms with Gasteiger partial charge in [0.05, 0.1) is 11.0 Å². The van der Waals surface area contributed by atoms with Gasteiger partial charge in [-0.05, 0) is 41.0 Å². The summed E-state index contributed by atoms with van der Waals surface area (Å²) in [4.78, 5) is 10.2. The number of benzene rings is 6. The van der Waals surface area contributed by atoms with E-state index < -0.39 is 0 Å². The molecular formula is C44H31N5S. The second-order valence-corrected chi connectivity index (χ2v) is 13.8. The Morgan fingerprint density at radius 1 is 0.560 bits per heavy atom. The minimum absolute atomic E-state index is 0.180. The highest BCUT2D eigenvalue weighted by Crippen LogP contribution is 2.41. The Kier molecular flexibility index (Phi) is 6.82. The zero-order chi connectivity index (χ0) is 33.0. The number of thiophene rings is 1. The maximum atomic E-state index is 5.12. The number of nitrogens with one attached hydrogen (secondary N) is 2. The first-order chi connectivity index (χ1) is 24.8. The largest absolute Gasteiger partial charge is 0.350 e. The van der Waals surface area contributed by atoms with E-state index in [2.05, 4.69) is 149 Å². The fourth-order valence-corrected chi connectivity index (χ4v) is 8.58. The smallest absolute Gasteiger partial charge is 0.137 e. The van der Waals surface area contributed by atoms with Crippen LogP contribution in [0.1, 0.15) is 29.0 Å². The Bertz CT molecular complexity index is 2710. The molecule has 238 valence electrons. The predicted molar refractivity (Wildman–Crippen MR) is 208 cm³/mol. The number of para-hydroxylation sites is 1. The molecule has 3 aromatic heterocycles. The topological polar surface area (TPSA) is 54.2 Å². The van der Waals surface area contributed by atoms with Crippen LogP contribution in [-0.4, -0.2) is 15.4 Å². The average Bonchev–Trinajstić information content (AvgIpc) is 3.74. The third-order valence-electron chi connectivity index (χ3n) is 9.75. The van der Waals surface area contributed by atoms with Crippen molar-refractivity contribution in [3.8, 4) is 16.9 Å². The molecule has 0 spiro atoms. The second-order valence-electron chi connectivity index (χ2n) is 12.7. The summed E-state index contributed by atoms with van der Waals surface area (Å²) < 4.78 is 4.93. The van der Waals surface area contributed by atoms with E-state index in [1.54, 1.807) is 0 Å². The van der Waals surface area contributed by atoms with Gasteiger partial charge in [-0.25, -0.2) is 9.98 Å². The van der Waals surface area contributed by atoms with Gasteiger partial charge in [0.25, 0.3) is 0 Å². The highest BCUT2D eigenvalue weighted by atomic mass is 32.1. The summed E-state index contributed by atoms with van der Waals surface area (Å²) in [5, 5.41) is 12.4. The number of pyridine rings is 1. The molecule has 0 saturated carbocycles. The van der Waals surface area contributed by atoms with Gasteiger partial charge in [0.15, 0.2) is 0 Å². The summed E-state index contributed by atoms with van der Waals surface area (Å²) in [6, 6.07) is 55.9. The molecule has 1 aliphatic rings. The van der Waals surface area contributed by atoms with Gasteiger partial charge in [-0.2, -0.15) is 0 Å². The number of hydrogen-bond donors (Lipinski definition) is 2. The Balaban J connectivity index is 1.07. The third-order valence-corrected chi connectivity index (χ3v) is 11.0. The number of aromatic nitrogens is 2. The number of rotatable bonds is 5. The lowest BCUT2D eigenvalue weighted by Gasteiger charge is -2.32. The highest BCUT2D eigenvalue weighted by molar-refractivity contribution is 7.26. The molecule has 0 saturated heterocycles. The SMILES string of the molecule is c1ccc(C2=NC(c3ccccc3)NC(c3ccc(-n4c5ccccc5c5ccc(-c6cccc7c6sc6ccccc67)cc54)nc3)N2)cc1. The van der Waals surface area contributed by atoms with Crippen LogP contribution in [0, 0.1) is 0 Å². The lowest BCUT2D eigenvalue weighted by molar-refractivity contribution is 0.408. The first-order valence-corrected chi connectivity index (χ1v) is 17.7. The quantitative estimate of drug-likeness (QED) is 0.193. The van der Waals surface area contributed by atoms with Crippen molar-refractivity contribution < 1.29 is 0 Å². The Hall–Kier alpha value is -6.08. The van der Waals surface area contributed by atoms with Crippen LogP contribution >= 0.6 is 11.3 Å². The monoisotopic (exact) mass is 661 g/mol. The highest BCUT2D eigenvalue weighted by Gasteiger charge is 2.26. The summed E-state index contributed by atoms with van der Waals surface area (Å²) >= 11 is 1.87. The molecule has 9 aromatic rings. The molecular weight excluding hydrogens is 631 g/mol. The Labute approximate surface area is 293 Å². The van der Waals surface area contributed by atoms with Crippen molar-refractivity contribution in [1.29, 1.82) is 0 Å². The van der Waals surface area contributed by atoms with Crippen molar-refractivity contribution in [2.45, 2.75) is 12.3 Å². The molecule has 0 fully saturated rings. The number of hydrogen-bond acceptors (Lipinski definition) is 5. The molecule has 50 heavy (non-hydrogen) atoms. The third kappa shape index (κ3) is 4.80. The summed E-state index contributed by atoms with van der Waals surface area (Å²) in [6.07, 6.45) is 1.61. The Morgan fingerprint density at radius 2 is 1.30 bits per heavy atom. The number of fused-ring (bicyclic) bond motifs is 6. The molecule has 6 heteroatoms. The van der Waals surface area contributed by atoms with E-state index in [4.69, 9.17) is 9.98 Å². The van der Waals surface area contributed by atoms with E-state index in [9.17, 15) is 0 Å². The van der Waals surface area contributed by atoms with Gasteiger partial charge < -0.3 is 5.32 Å². The van der Waals surface area contributed by atoms with Crippen LogP contribution in [0.4, 0.5) is 0 Å². The van der Waals surface area contributed by atoms with Crippen LogP contribution in [-0.2, 0) is 0 Å². The first kappa shape index (κ1) is 28.9. The van der Waals surface area contributed by atoms with Gasteiger partial charge in [0.2, 0.25) is 0 Å². The average molecular weight is 662 g/mol. The van der Waals surface area contributed by atoms with Crippen LogP contribution in [0.25, 0.3) is 58.9 Å². The number of nitrogens with zero attached hydrogens (tertiary/aromatic N) is 3. The van der Waals surface area contributed by atoms with Crippen LogP contribution in [0.3, 0.4) is 0 Å². The van der Waals surface area contributed by atoms with Crippen molar-refractivity contribution >= 4 is 59.2 Å². The van der Waals surface area contributed by atoms with Gasteiger partial charge in [0.1, 0.15) is 24.0 Å². The van der Waals surface area contributed by atoms with Crippen molar-refractivity contribution in [1.82, 2.24) is 20.2 Å². The summed E-state index contributed by atoms with van der Waals surface area (Å²) in [5.41, 5.74) is 7.93. The number of amidine groups is 1. The molecule has 4 heterocycles. The first-order valence-electron chi connectivity index (χ1n) is 16.9. The van der Waals surface area contributed by atoms with Gasteiger partial charge >= 0.3 is 0 Å². The van der Waals surface area contributed by atoms with E-state index in [1.165, 1.54) is 42.1 Å². The molecule has 2 atom stereocenters. The molecule has 6 aromatic carbocycles. The zero-order valence-electron chi connectivity index (χ0n) is 27.0. The van der Waals surface area contributed by atoms with Crippen molar-refractivity contribution in [3.63, 3.8) is 0 Å². The fraction of sp³-hybridized carbons (Fsp3) is 0.0455. The van der Waals surface area contributed by atoms with Crippen molar-refractivity contribution in [3.05, 3.63) is 181 Å². The van der Waals surface area contributed by atoms with Gasteiger partial charge in [-0.3, -0.25) is 9.88 Å². The zero-order valence-corrected chi connectivity index (χ0v) is 27.8. The minimum atomic E-state index is -0.196. The van der Waals surface area contributed by atoms with E-state index in [0.717, 1.165) is 39.4 Å². The normalized spacial score (nSPS) is 16.2. The maximum absolute atomic E-state index is 5.12. The molecule has 5 nitrogen and oxygen atoms in total. The molecule has 0 radical (unpaired) electrons. The van der Waals surface area contributed by atoms with E-state index in [0.29, 0.717) is 0 Å². The summed E-state index contributed by atoms with van der Waals surface area (Å²) in [5.74, 6) is 1.74. The molecule has 10 rings (SSSR count). The van der Waals surface area contributed by atoms with E-state index >= 15 is 0 Å². The van der Waals surface area contributed by atoms with Crippen LogP contribution in [0.2, 0.25) is 0 Å². The van der Waals surface area contributed by atoms with Crippen LogP contribution < -0.4 is 10.6 Å². The van der Waals surface area contributed by atoms with E-state index in [1.807, 2.05) is 41.8 Å². The van der Waals surface area contributed by atoms with Gasteiger partial charge in [0, 0.05) is 48.3 Å². The van der Waals surface area contributed by atoms with Crippen molar-refractivity contribution in [2.24, 2.45) is 4.99 Å². The van der Waals surface area contributed by atoms with Crippen LogP contribution in [0.5, 0.6) is 0 Å². The summed E-state index contributed by atoms with van der Waals surface area (Å²) in [7, 11) is 0. The molecule has 0 amide bonds. The predicted octanol–water partition coefficient (Wildman–Crippen LogP) is 10.6. The van der Waals surface area contributed by atoms with Gasteiger partial charge in [-0.1, -0.05) is 133 Å². The van der Waals surface area contributed by atoms with E-state index in [-0.39, 0.29) is 12.3 Å². The Morgan fingerprint density at radius 3 is 2.14 bits per heavy atom. The maximum Gasteiger partial charge on any atom is 0.137 e. The number of aliphatic imine (C=N–C) groups is 1. The molecule has 2 N–H and O–H groups in total. The second kappa shape index (κ2) is 11.8. The lowest BCUT2D eigenvalue weighted by atomic mass is 10.0. The molecule has 0 aliphatic carbocycles.